The van der Waals surface area contributed by atoms with Crippen molar-refractivity contribution in [3.8, 4) is 6.07 Å². The fraction of sp³-hybridized carbons (Fsp3) is 0.917. The molecule has 1 atom stereocenters. The van der Waals surface area contributed by atoms with E-state index < -0.39 is 0 Å². The van der Waals surface area contributed by atoms with E-state index >= 15 is 0 Å². The van der Waals surface area contributed by atoms with Crippen LogP contribution in [-0.2, 0) is 0 Å². The lowest BCUT2D eigenvalue weighted by molar-refractivity contribution is 0.181. The first-order valence-corrected chi connectivity index (χ1v) is 6.02. The lowest BCUT2D eigenvalue weighted by Crippen LogP contribution is -2.39. The number of hydrogen-bond acceptors (Lipinski definition) is 2. The van der Waals surface area contributed by atoms with Gasteiger partial charge in [0.25, 0.3) is 0 Å². The summed E-state index contributed by atoms with van der Waals surface area (Å²) < 4.78 is 0. The van der Waals surface area contributed by atoms with Gasteiger partial charge in [0.2, 0.25) is 0 Å². The summed E-state index contributed by atoms with van der Waals surface area (Å²) in [5.41, 5.74) is 0. The van der Waals surface area contributed by atoms with Gasteiger partial charge in [-0.1, -0.05) is 26.2 Å². The standard InChI is InChI=1S/C12H22N2/c1-2-3-4-6-9-14-10-7-5-8-12(14)11-13/h12H,2-10H2,1H3. The molecule has 80 valence electrons. The molecule has 0 N–H and O–H groups in total. The summed E-state index contributed by atoms with van der Waals surface area (Å²) in [6.07, 6.45) is 8.84. The van der Waals surface area contributed by atoms with Crippen molar-refractivity contribution in [2.45, 2.75) is 57.9 Å². The molecule has 1 unspecified atom stereocenters. The average molecular weight is 194 g/mol. The predicted molar refractivity (Wildman–Crippen MR) is 59.0 cm³/mol. The molecule has 0 radical (unpaired) electrons. The van der Waals surface area contributed by atoms with E-state index in [-0.39, 0.29) is 6.04 Å². The molecule has 0 aromatic rings. The van der Waals surface area contributed by atoms with Crippen molar-refractivity contribution >= 4 is 0 Å². The van der Waals surface area contributed by atoms with Crippen molar-refractivity contribution in [1.82, 2.24) is 4.90 Å². The molecule has 2 nitrogen and oxygen atoms in total. The smallest absolute Gasteiger partial charge is 0.0977 e. The average Bonchev–Trinajstić information content (AvgIpc) is 2.25. The maximum atomic E-state index is 8.97. The Morgan fingerprint density at radius 2 is 2.14 bits per heavy atom. The van der Waals surface area contributed by atoms with Crippen LogP contribution in [0.15, 0.2) is 0 Å². The summed E-state index contributed by atoms with van der Waals surface area (Å²) in [6, 6.07) is 2.63. The molecule has 1 rings (SSSR count). The van der Waals surface area contributed by atoms with Gasteiger partial charge in [0.05, 0.1) is 12.1 Å². The number of hydrogen-bond donors (Lipinski definition) is 0. The largest absolute Gasteiger partial charge is 0.288 e. The third-order valence-electron chi connectivity index (χ3n) is 3.06. The molecule has 0 aliphatic carbocycles. The van der Waals surface area contributed by atoms with Gasteiger partial charge in [-0.3, -0.25) is 4.90 Å². The highest BCUT2D eigenvalue weighted by atomic mass is 15.2. The molecular formula is C12H22N2. The summed E-state index contributed by atoms with van der Waals surface area (Å²) in [5, 5.41) is 8.97. The first-order valence-electron chi connectivity index (χ1n) is 6.02. The van der Waals surface area contributed by atoms with Crippen LogP contribution < -0.4 is 0 Å². The van der Waals surface area contributed by atoms with Crippen molar-refractivity contribution in [1.29, 1.82) is 5.26 Å². The van der Waals surface area contributed by atoms with Crippen LogP contribution in [0.5, 0.6) is 0 Å². The van der Waals surface area contributed by atoms with Crippen LogP contribution >= 0.6 is 0 Å². The second-order valence-electron chi connectivity index (χ2n) is 4.24. The Morgan fingerprint density at radius 3 is 2.86 bits per heavy atom. The number of likely N-dealkylation sites (tertiary alicyclic amines) is 1. The minimum atomic E-state index is 0.213. The van der Waals surface area contributed by atoms with Gasteiger partial charge in [0.1, 0.15) is 0 Å². The van der Waals surface area contributed by atoms with Gasteiger partial charge >= 0.3 is 0 Å². The highest BCUT2D eigenvalue weighted by Gasteiger charge is 2.20. The summed E-state index contributed by atoms with van der Waals surface area (Å²) in [6.45, 7) is 4.52. The van der Waals surface area contributed by atoms with Crippen molar-refractivity contribution in [2.24, 2.45) is 0 Å². The molecule has 2 heteroatoms. The molecule has 1 heterocycles. The third-order valence-corrected chi connectivity index (χ3v) is 3.06. The van der Waals surface area contributed by atoms with Gasteiger partial charge in [-0.15, -0.1) is 0 Å². The SMILES string of the molecule is CCCCCCN1CCCCC1C#N. The first kappa shape index (κ1) is 11.5. The topological polar surface area (TPSA) is 27.0 Å². The Bertz CT molecular complexity index is 183. The van der Waals surface area contributed by atoms with E-state index in [1.54, 1.807) is 0 Å². The highest BCUT2D eigenvalue weighted by molar-refractivity contribution is 4.93. The maximum Gasteiger partial charge on any atom is 0.0977 e. The van der Waals surface area contributed by atoms with Gasteiger partial charge in [-0.05, 0) is 38.8 Å². The van der Waals surface area contributed by atoms with E-state index in [9.17, 15) is 0 Å². The number of unbranched alkanes of at least 4 members (excludes halogenated alkanes) is 3. The lowest BCUT2D eigenvalue weighted by Gasteiger charge is -2.31. The van der Waals surface area contributed by atoms with Crippen LogP contribution in [0.25, 0.3) is 0 Å². The van der Waals surface area contributed by atoms with Gasteiger partial charge in [-0.2, -0.15) is 5.26 Å². The molecule has 0 bridgehead atoms. The third kappa shape index (κ3) is 3.67. The second kappa shape index (κ2) is 6.84. The molecule has 1 saturated heterocycles. The van der Waals surface area contributed by atoms with Gasteiger partial charge in [0.15, 0.2) is 0 Å². The van der Waals surface area contributed by atoms with Gasteiger partial charge in [-0.25, -0.2) is 0 Å². The monoisotopic (exact) mass is 194 g/mol. The molecule has 1 fully saturated rings. The lowest BCUT2D eigenvalue weighted by atomic mass is 10.0. The summed E-state index contributed by atoms with van der Waals surface area (Å²) in [7, 11) is 0. The molecular weight excluding hydrogens is 172 g/mol. The number of rotatable bonds is 5. The van der Waals surface area contributed by atoms with E-state index in [0.29, 0.717) is 0 Å². The first-order chi connectivity index (χ1) is 6.88. The fourth-order valence-corrected chi connectivity index (χ4v) is 2.15. The number of nitrogens with zero attached hydrogens (tertiary/aromatic N) is 2. The van der Waals surface area contributed by atoms with E-state index in [2.05, 4.69) is 17.9 Å². The molecule has 0 saturated carbocycles. The normalized spacial score (nSPS) is 23.3. The van der Waals surface area contributed by atoms with E-state index in [0.717, 1.165) is 19.5 Å². The Balaban J connectivity index is 2.17. The summed E-state index contributed by atoms with van der Waals surface area (Å²) in [4.78, 5) is 2.37. The van der Waals surface area contributed by atoms with Crippen molar-refractivity contribution in [3.05, 3.63) is 0 Å². The minimum Gasteiger partial charge on any atom is -0.288 e. The zero-order valence-electron chi connectivity index (χ0n) is 9.34. The van der Waals surface area contributed by atoms with Crippen molar-refractivity contribution in [3.63, 3.8) is 0 Å². The van der Waals surface area contributed by atoms with Crippen molar-refractivity contribution < 1.29 is 0 Å². The van der Waals surface area contributed by atoms with Gasteiger partial charge in [0, 0.05) is 0 Å². The zero-order chi connectivity index (χ0) is 10.2. The van der Waals surface area contributed by atoms with Crippen LogP contribution in [0.2, 0.25) is 0 Å². The molecule has 0 spiro atoms. The van der Waals surface area contributed by atoms with Crippen LogP contribution in [-0.4, -0.2) is 24.0 Å². The van der Waals surface area contributed by atoms with Gasteiger partial charge < -0.3 is 0 Å². The Labute approximate surface area is 87.9 Å². The molecule has 1 aliphatic rings. The highest BCUT2D eigenvalue weighted by Crippen LogP contribution is 2.17. The zero-order valence-corrected chi connectivity index (χ0v) is 9.34. The van der Waals surface area contributed by atoms with E-state index in [4.69, 9.17) is 5.26 Å². The number of nitriles is 1. The predicted octanol–water partition coefficient (Wildman–Crippen LogP) is 2.94. The summed E-state index contributed by atoms with van der Waals surface area (Å²) in [5.74, 6) is 0. The molecule has 0 aromatic heterocycles. The van der Waals surface area contributed by atoms with E-state index in [1.165, 1.54) is 38.5 Å². The van der Waals surface area contributed by atoms with Crippen LogP contribution in [0.3, 0.4) is 0 Å². The fourth-order valence-electron chi connectivity index (χ4n) is 2.15. The Morgan fingerprint density at radius 1 is 1.29 bits per heavy atom. The second-order valence-corrected chi connectivity index (χ2v) is 4.24. The van der Waals surface area contributed by atoms with Crippen molar-refractivity contribution in [2.75, 3.05) is 13.1 Å². The van der Waals surface area contributed by atoms with Crippen LogP contribution in [0.4, 0.5) is 0 Å². The van der Waals surface area contributed by atoms with E-state index in [1.807, 2.05) is 0 Å². The Hall–Kier alpha value is -0.550. The van der Waals surface area contributed by atoms with Crippen LogP contribution in [0.1, 0.15) is 51.9 Å². The Kier molecular flexibility index (Phi) is 5.63. The molecule has 1 aliphatic heterocycles. The molecule has 0 aromatic carbocycles. The maximum absolute atomic E-state index is 8.97. The molecule has 0 amide bonds. The quantitative estimate of drug-likeness (QED) is 0.629. The molecule has 14 heavy (non-hydrogen) atoms. The minimum absolute atomic E-state index is 0.213. The van der Waals surface area contributed by atoms with Crippen LogP contribution in [0, 0.1) is 11.3 Å². The summed E-state index contributed by atoms with van der Waals surface area (Å²) >= 11 is 0. The number of piperidine rings is 1.